The van der Waals surface area contributed by atoms with E-state index in [1.165, 1.54) is 11.8 Å². The summed E-state index contributed by atoms with van der Waals surface area (Å²) in [5.74, 6) is 0.245. The molecule has 33 heavy (non-hydrogen) atoms. The maximum absolute atomic E-state index is 12.8. The highest BCUT2D eigenvalue weighted by Gasteiger charge is 2.39. The summed E-state index contributed by atoms with van der Waals surface area (Å²) in [7, 11) is 2.14. The van der Waals surface area contributed by atoms with Gasteiger partial charge in [0.2, 0.25) is 5.91 Å². The van der Waals surface area contributed by atoms with Crippen molar-refractivity contribution in [3.05, 3.63) is 76.8 Å². The number of carbonyl (C=O) groups is 1. The summed E-state index contributed by atoms with van der Waals surface area (Å²) in [5.41, 5.74) is 2.35. The number of halogens is 1. The van der Waals surface area contributed by atoms with Gasteiger partial charge in [0.1, 0.15) is 5.04 Å². The molecule has 2 heterocycles. The molecular weight excluding hydrogens is 496 g/mol. The molecule has 1 saturated heterocycles. The number of piperidine rings is 1. The molecule has 0 bridgehead atoms. The molecular formula is C26H25BrN4OS. The first-order valence-electron chi connectivity index (χ1n) is 11.1. The van der Waals surface area contributed by atoms with E-state index >= 15 is 0 Å². The van der Waals surface area contributed by atoms with Crippen molar-refractivity contribution in [2.24, 2.45) is 9.98 Å². The van der Waals surface area contributed by atoms with E-state index in [1.54, 1.807) is 0 Å². The van der Waals surface area contributed by atoms with E-state index in [-0.39, 0.29) is 11.7 Å². The lowest BCUT2D eigenvalue weighted by atomic mass is 9.99. The van der Waals surface area contributed by atoms with Crippen LogP contribution in [0.4, 0.5) is 5.69 Å². The van der Waals surface area contributed by atoms with Gasteiger partial charge in [-0.05, 0) is 42.1 Å². The zero-order valence-electron chi connectivity index (χ0n) is 18.4. The highest BCUT2D eigenvalue weighted by atomic mass is 79.9. The molecule has 3 aromatic carbocycles. The van der Waals surface area contributed by atoms with Gasteiger partial charge in [0.15, 0.2) is 5.66 Å². The Kier molecular flexibility index (Phi) is 6.36. The molecule has 1 spiro atoms. The minimum atomic E-state index is -0.397. The largest absolute Gasteiger partial charge is 0.325 e. The van der Waals surface area contributed by atoms with Crippen molar-refractivity contribution in [3.63, 3.8) is 0 Å². The van der Waals surface area contributed by atoms with Crippen molar-refractivity contribution in [2.45, 2.75) is 18.5 Å². The Bertz CT molecular complexity index is 1250. The predicted molar refractivity (Wildman–Crippen MR) is 143 cm³/mol. The van der Waals surface area contributed by atoms with Crippen LogP contribution in [0.15, 0.2) is 81.2 Å². The van der Waals surface area contributed by atoms with Gasteiger partial charge in [-0.3, -0.25) is 9.79 Å². The van der Waals surface area contributed by atoms with Crippen molar-refractivity contribution in [2.75, 3.05) is 31.2 Å². The zero-order valence-corrected chi connectivity index (χ0v) is 20.8. The molecule has 168 valence electrons. The van der Waals surface area contributed by atoms with Crippen LogP contribution in [0.1, 0.15) is 18.4 Å². The van der Waals surface area contributed by atoms with E-state index in [4.69, 9.17) is 9.98 Å². The van der Waals surface area contributed by atoms with Gasteiger partial charge >= 0.3 is 0 Å². The molecule has 0 saturated carbocycles. The van der Waals surface area contributed by atoms with E-state index in [0.29, 0.717) is 0 Å². The zero-order chi connectivity index (χ0) is 22.8. The number of benzene rings is 3. The molecule has 5 rings (SSSR count). The maximum Gasteiger partial charge on any atom is 0.234 e. The number of nitrogens with zero attached hydrogens (tertiary/aromatic N) is 3. The number of anilines is 1. The third-order valence-electron chi connectivity index (χ3n) is 6.11. The van der Waals surface area contributed by atoms with E-state index < -0.39 is 5.66 Å². The van der Waals surface area contributed by atoms with Gasteiger partial charge in [-0.1, -0.05) is 70.2 Å². The quantitative estimate of drug-likeness (QED) is 0.487. The third-order valence-corrected chi connectivity index (χ3v) is 7.60. The average molecular weight is 521 g/mol. The number of nitrogens with one attached hydrogen (secondary N) is 1. The number of aliphatic imine (C=N–C) groups is 2. The number of hydrogen-bond acceptors (Lipinski definition) is 5. The molecule has 0 aliphatic carbocycles. The highest BCUT2D eigenvalue weighted by molar-refractivity contribution is 9.10. The minimum absolute atomic E-state index is 0.0440. The second-order valence-electron chi connectivity index (χ2n) is 8.57. The second kappa shape index (κ2) is 9.41. The summed E-state index contributed by atoms with van der Waals surface area (Å²) in [5, 5.41) is 6.15. The van der Waals surface area contributed by atoms with Crippen molar-refractivity contribution in [1.29, 1.82) is 0 Å². The number of amides is 1. The summed E-state index contributed by atoms with van der Waals surface area (Å²) in [6, 6.07) is 22.3. The summed E-state index contributed by atoms with van der Waals surface area (Å²) in [4.78, 5) is 25.3. The lowest BCUT2D eigenvalue weighted by molar-refractivity contribution is -0.113. The molecule has 1 amide bonds. The molecule has 5 nitrogen and oxygen atoms in total. The normalized spacial score (nSPS) is 17.8. The van der Waals surface area contributed by atoms with Crippen LogP contribution in [0.5, 0.6) is 0 Å². The Hall–Kier alpha value is -2.48. The topological polar surface area (TPSA) is 57.1 Å². The Morgan fingerprint density at radius 1 is 1.03 bits per heavy atom. The van der Waals surface area contributed by atoms with Crippen LogP contribution in [-0.4, -0.2) is 53.1 Å². The third kappa shape index (κ3) is 5.05. The molecule has 0 atom stereocenters. The Labute approximate surface area is 206 Å². The molecule has 2 aliphatic rings. The highest BCUT2D eigenvalue weighted by Crippen LogP contribution is 2.35. The van der Waals surface area contributed by atoms with Crippen LogP contribution in [0.25, 0.3) is 10.8 Å². The first-order valence-corrected chi connectivity index (χ1v) is 12.8. The lowest BCUT2D eigenvalue weighted by Gasteiger charge is -2.33. The summed E-state index contributed by atoms with van der Waals surface area (Å²) in [6.07, 6.45) is 1.80. The van der Waals surface area contributed by atoms with Crippen LogP contribution in [0.2, 0.25) is 0 Å². The SMILES string of the molecule is CN1CCC2(CC1)N=C(SCC(=O)Nc1ccc3ccccc3c1)C(c1ccc(Br)cc1)=N2. The average Bonchev–Trinajstić information content (AvgIpc) is 3.18. The molecule has 0 radical (unpaired) electrons. The van der Waals surface area contributed by atoms with Crippen LogP contribution < -0.4 is 5.32 Å². The Morgan fingerprint density at radius 2 is 1.76 bits per heavy atom. The Morgan fingerprint density at radius 3 is 2.52 bits per heavy atom. The summed E-state index contributed by atoms with van der Waals surface area (Å²) in [6.45, 7) is 1.95. The molecule has 2 aliphatic heterocycles. The fourth-order valence-electron chi connectivity index (χ4n) is 4.22. The second-order valence-corrected chi connectivity index (χ2v) is 10.4. The van der Waals surface area contributed by atoms with Gasteiger partial charge in [0.05, 0.1) is 11.5 Å². The smallest absolute Gasteiger partial charge is 0.234 e. The Balaban J connectivity index is 1.32. The summed E-state index contributed by atoms with van der Waals surface area (Å²) >= 11 is 4.98. The van der Waals surface area contributed by atoms with E-state index in [2.05, 4.69) is 57.5 Å². The van der Waals surface area contributed by atoms with Gasteiger partial charge in [-0.15, -0.1) is 0 Å². The first-order chi connectivity index (χ1) is 16.0. The number of rotatable bonds is 4. The predicted octanol–water partition coefficient (Wildman–Crippen LogP) is 5.60. The van der Waals surface area contributed by atoms with Crippen LogP contribution in [0, 0.1) is 0 Å². The molecule has 1 N–H and O–H groups in total. The van der Waals surface area contributed by atoms with Gasteiger partial charge in [0, 0.05) is 41.7 Å². The molecule has 1 fully saturated rings. The van der Waals surface area contributed by atoms with Crippen LogP contribution >= 0.6 is 27.7 Å². The fraction of sp³-hybridized carbons (Fsp3) is 0.269. The summed E-state index contributed by atoms with van der Waals surface area (Å²) < 4.78 is 1.03. The minimum Gasteiger partial charge on any atom is -0.325 e. The monoisotopic (exact) mass is 520 g/mol. The number of hydrogen-bond donors (Lipinski definition) is 1. The number of fused-ring (bicyclic) bond motifs is 1. The molecule has 0 aromatic heterocycles. The number of carbonyl (C=O) groups excluding carboxylic acids is 1. The molecule has 7 heteroatoms. The van der Waals surface area contributed by atoms with E-state index in [0.717, 1.165) is 63.2 Å². The maximum atomic E-state index is 12.8. The van der Waals surface area contributed by atoms with Gasteiger partial charge in [-0.25, -0.2) is 4.99 Å². The van der Waals surface area contributed by atoms with Crippen molar-refractivity contribution in [1.82, 2.24) is 4.90 Å². The number of likely N-dealkylation sites (tertiary alicyclic amines) is 1. The van der Waals surface area contributed by atoms with Gasteiger partial charge < -0.3 is 10.2 Å². The molecule has 0 unspecified atom stereocenters. The van der Waals surface area contributed by atoms with E-state index in [1.807, 2.05) is 42.5 Å². The fourth-order valence-corrected chi connectivity index (χ4v) is 5.36. The van der Waals surface area contributed by atoms with Crippen LogP contribution in [-0.2, 0) is 4.79 Å². The molecule has 3 aromatic rings. The lowest BCUT2D eigenvalue weighted by Crippen LogP contribution is -2.39. The van der Waals surface area contributed by atoms with Gasteiger partial charge in [-0.2, -0.15) is 0 Å². The van der Waals surface area contributed by atoms with Gasteiger partial charge in [0.25, 0.3) is 0 Å². The first kappa shape index (κ1) is 22.3. The van der Waals surface area contributed by atoms with Crippen molar-refractivity contribution >= 4 is 60.8 Å². The van der Waals surface area contributed by atoms with Crippen molar-refractivity contribution in [3.8, 4) is 0 Å². The standard InChI is InChI=1S/C26H25BrN4OS/c1-31-14-12-26(13-15-31)29-24(19-6-9-21(27)10-7-19)25(30-26)33-17-23(32)28-22-11-8-18-4-2-3-5-20(18)16-22/h2-11,16H,12-15,17H2,1H3,(H,28,32). The van der Waals surface area contributed by atoms with Crippen LogP contribution in [0.3, 0.4) is 0 Å². The number of thioether (sulfide) groups is 1. The van der Waals surface area contributed by atoms with E-state index in [9.17, 15) is 4.79 Å². The van der Waals surface area contributed by atoms with Crippen molar-refractivity contribution < 1.29 is 4.79 Å².